The van der Waals surface area contributed by atoms with Crippen LogP contribution in [0, 0.1) is 0 Å². The summed E-state index contributed by atoms with van der Waals surface area (Å²) in [7, 11) is 1.85. The van der Waals surface area contributed by atoms with Gasteiger partial charge in [-0.15, -0.1) is 11.3 Å². The average molecular weight is 358 g/mol. The highest BCUT2D eigenvalue weighted by atomic mass is 32.2. The van der Waals surface area contributed by atoms with Gasteiger partial charge in [0.1, 0.15) is 0 Å². The summed E-state index contributed by atoms with van der Waals surface area (Å²) in [6.07, 6.45) is 5.70. The summed E-state index contributed by atoms with van der Waals surface area (Å²) in [5.74, 6) is 0.0261. The van der Waals surface area contributed by atoms with Crippen molar-refractivity contribution in [3.05, 3.63) is 64.6 Å². The maximum Gasteiger partial charge on any atom is 0.254 e. The average Bonchev–Trinajstić information content (AvgIpc) is 3.31. The number of amides is 1. The molecule has 4 nitrogen and oxygen atoms in total. The molecule has 2 heterocycles. The predicted octanol–water partition coefficient (Wildman–Crippen LogP) is 4.49. The van der Waals surface area contributed by atoms with E-state index in [0.717, 1.165) is 10.8 Å². The number of thioether (sulfide) groups is 1. The largest absolute Gasteiger partial charge is 0.334 e. The van der Waals surface area contributed by atoms with Crippen LogP contribution in [0.4, 0.5) is 0 Å². The number of carbonyl (C=O) groups is 1. The van der Waals surface area contributed by atoms with Gasteiger partial charge in [0.2, 0.25) is 0 Å². The summed E-state index contributed by atoms with van der Waals surface area (Å²) in [5.41, 5.74) is 1.69. The zero-order chi connectivity index (χ0) is 17.1. The third-order valence-electron chi connectivity index (χ3n) is 4.04. The van der Waals surface area contributed by atoms with E-state index in [-0.39, 0.29) is 11.9 Å². The molecule has 3 rings (SSSR count). The van der Waals surface area contributed by atoms with Crippen LogP contribution in [0.2, 0.25) is 0 Å². The highest BCUT2D eigenvalue weighted by molar-refractivity contribution is 7.98. The fourth-order valence-corrected chi connectivity index (χ4v) is 3.86. The van der Waals surface area contributed by atoms with Crippen LogP contribution in [0.25, 0.3) is 5.69 Å². The number of nitrogens with zero attached hydrogens (tertiary/aromatic N) is 3. The lowest BCUT2D eigenvalue weighted by molar-refractivity contribution is 0.0745. The third kappa shape index (κ3) is 3.25. The van der Waals surface area contributed by atoms with Gasteiger partial charge in [-0.05, 0) is 48.9 Å². The Morgan fingerprint density at radius 2 is 2.04 bits per heavy atom. The van der Waals surface area contributed by atoms with Crippen molar-refractivity contribution in [2.75, 3.05) is 13.3 Å². The Labute approximate surface area is 150 Å². The van der Waals surface area contributed by atoms with Gasteiger partial charge in [-0.1, -0.05) is 17.8 Å². The molecular weight excluding hydrogens is 338 g/mol. The summed E-state index contributed by atoms with van der Waals surface area (Å²) >= 11 is 3.26. The maximum absolute atomic E-state index is 12.7. The maximum atomic E-state index is 12.7. The number of hydrogen-bond donors (Lipinski definition) is 0. The lowest BCUT2D eigenvalue weighted by Gasteiger charge is -2.24. The van der Waals surface area contributed by atoms with Crippen LogP contribution in [0.1, 0.15) is 28.2 Å². The van der Waals surface area contributed by atoms with E-state index in [4.69, 9.17) is 0 Å². The van der Waals surface area contributed by atoms with E-state index in [2.05, 4.69) is 11.1 Å². The van der Waals surface area contributed by atoms with Gasteiger partial charge in [0, 0.05) is 35.6 Å². The Bertz CT molecular complexity index is 809. The molecule has 0 bridgehead atoms. The van der Waals surface area contributed by atoms with Gasteiger partial charge in [-0.3, -0.25) is 9.36 Å². The minimum atomic E-state index is 0.0261. The smallest absolute Gasteiger partial charge is 0.254 e. The van der Waals surface area contributed by atoms with Crippen molar-refractivity contribution in [3.63, 3.8) is 0 Å². The minimum Gasteiger partial charge on any atom is -0.334 e. The highest BCUT2D eigenvalue weighted by Crippen LogP contribution is 2.25. The Balaban J connectivity index is 1.79. The van der Waals surface area contributed by atoms with Crippen LogP contribution in [0.5, 0.6) is 0 Å². The van der Waals surface area contributed by atoms with E-state index < -0.39 is 0 Å². The van der Waals surface area contributed by atoms with Crippen molar-refractivity contribution in [3.8, 4) is 5.69 Å². The number of benzene rings is 1. The zero-order valence-electron chi connectivity index (χ0n) is 13.8. The summed E-state index contributed by atoms with van der Waals surface area (Å²) in [5, 5.41) is 2.96. The predicted molar refractivity (Wildman–Crippen MR) is 100 cm³/mol. The number of imidazole rings is 1. The van der Waals surface area contributed by atoms with Gasteiger partial charge in [0.05, 0.1) is 6.04 Å². The van der Waals surface area contributed by atoms with E-state index in [9.17, 15) is 4.79 Å². The molecule has 24 heavy (non-hydrogen) atoms. The van der Waals surface area contributed by atoms with Crippen molar-refractivity contribution in [2.45, 2.75) is 18.1 Å². The van der Waals surface area contributed by atoms with Crippen LogP contribution in [-0.2, 0) is 0 Å². The first-order valence-electron chi connectivity index (χ1n) is 7.60. The third-order valence-corrected chi connectivity index (χ3v) is 5.75. The van der Waals surface area contributed by atoms with Crippen LogP contribution in [0.3, 0.4) is 0 Å². The first kappa shape index (κ1) is 16.8. The van der Waals surface area contributed by atoms with Gasteiger partial charge in [-0.25, -0.2) is 4.98 Å². The number of carbonyl (C=O) groups excluding carboxylic acids is 1. The fraction of sp³-hybridized carbons (Fsp3) is 0.222. The van der Waals surface area contributed by atoms with Crippen LogP contribution in [-0.4, -0.2) is 33.7 Å². The van der Waals surface area contributed by atoms with Crippen molar-refractivity contribution in [1.82, 2.24) is 14.5 Å². The molecule has 1 aromatic carbocycles. The minimum absolute atomic E-state index is 0.0261. The molecule has 0 aliphatic rings. The quantitative estimate of drug-likeness (QED) is 0.632. The summed E-state index contributed by atoms with van der Waals surface area (Å²) in [4.78, 5) is 20.0. The monoisotopic (exact) mass is 357 g/mol. The normalized spacial score (nSPS) is 12.1. The van der Waals surface area contributed by atoms with E-state index >= 15 is 0 Å². The summed E-state index contributed by atoms with van der Waals surface area (Å²) < 4.78 is 2.01. The molecular formula is C18H19N3OS2. The van der Waals surface area contributed by atoms with Crippen LogP contribution in [0.15, 0.2) is 59.3 Å². The molecule has 0 radical (unpaired) electrons. The molecule has 0 saturated heterocycles. The molecule has 1 unspecified atom stereocenters. The Morgan fingerprint density at radius 1 is 1.29 bits per heavy atom. The second kappa shape index (κ2) is 7.23. The van der Waals surface area contributed by atoms with Crippen LogP contribution >= 0.6 is 23.1 Å². The fourth-order valence-electron chi connectivity index (χ4n) is 2.50. The Morgan fingerprint density at radius 3 is 2.67 bits per heavy atom. The van der Waals surface area contributed by atoms with E-state index in [1.165, 1.54) is 4.88 Å². The van der Waals surface area contributed by atoms with Crippen molar-refractivity contribution in [2.24, 2.45) is 0 Å². The second-order valence-electron chi connectivity index (χ2n) is 5.44. The molecule has 0 aliphatic heterocycles. The number of hydrogen-bond acceptors (Lipinski definition) is 4. The first-order chi connectivity index (χ1) is 11.6. The van der Waals surface area contributed by atoms with Crippen molar-refractivity contribution < 1.29 is 4.79 Å². The van der Waals surface area contributed by atoms with Crippen molar-refractivity contribution >= 4 is 29.0 Å². The molecule has 124 valence electrons. The number of rotatable bonds is 5. The van der Waals surface area contributed by atoms with E-state index in [1.54, 1.807) is 34.2 Å². The van der Waals surface area contributed by atoms with Gasteiger partial charge in [0.15, 0.2) is 5.16 Å². The Kier molecular flexibility index (Phi) is 5.06. The second-order valence-corrected chi connectivity index (χ2v) is 7.19. The first-order valence-corrected chi connectivity index (χ1v) is 9.70. The topological polar surface area (TPSA) is 38.1 Å². The highest BCUT2D eigenvalue weighted by Gasteiger charge is 2.19. The molecule has 2 aromatic heterocycles. The van der Waals surface area contributed by atoms with E-state index in [0.29, 0.717) is 5.56 Å². The zero-order valence-corrected chi connectivity index (χ0v) is 15.5. The standard InChI is InChI=1S/C18H19N3OS2/c1-13(16-5-4-12-24-16)20(2)17(22)14-6-8-15(9-7-14)21-11-10-19-18(21)23-3/h4-13H,1-3H3. The van der Waals surface area contributed by atoms with Gasteiger partial charge < -0.3 is 4.90 Å². The van der Waals surface area contributed by atoms with Gasteiger partial charge in [-0.2, -0.15) is 0 Å². The van der Waals surface area contributed by atoms with E-state index in [1.807, 2.05) is 66.7 Å². The van der Waals surface area contributed by atoms with Crippen LogP contribution < -0.4 is 0 Å². The molecule has 0 N–H and O–H groups in total. The lowest BCUT2D eigenvalue weighted by atomic mass is 10.1. The molecule has 0 spiro atoms. The summed E-state index contributed by atoms with van der Waals surface area (Å²) in [6.45, 7) is 2.05. The molecule has 1 atom stereocenters. The molecule has 1 amide bonds. The molecule has 6 heteroatoms. The van der Waals surface area contributed by atoms with Gasteiger partial charge in [0.25, 0.3) is 5.91 Å². The number of aromatic nitrogens is 2. The molecule has 3 aromatic rings. The summed E-state index contributed by atoms with van der Waals surface area (Å²) in [6, 6.07) is 11.8. The van der Waals surface area contributed by atoms with Gasteiger partial charge >= 0.3 is 0 Å². The number of thiophene rings is 1. The Hall–Kier alpha value is -2.05. The molecule has 0 saturated carbocycles. The SMILES string of the molecule is CSc1nccn1-c1ccc(C(=O)N(C)C(C)c2cccs2)cc1. The molecule has 0 fully saturated rings. The molecule has 0 aliphatic carbocycles. The lowest BCUT2D eigenvalue weighted by Crippen LogP contribution is -2.29. The van der Waals surface area contributed by atoms with Crippen molar-refractivity contribution in [1.29, 1.82) is 0 Å².